The Bertz CT molecular complexity index is 1340. The highest BCUT2D eigenvalue weighted by Gasteiger charge is 2.33. The molecule has 1 aliphatic rings. The zero-order valence-corrected chi connectivity index (χ0v) is 20.5. The van der Waals surface area contributed by atoms with E-state index in [2.05, 4.69) is 67.8 Å². The van der Waals surface area contributed by atoms with Crippen molar-refractivity contribution in [3.8, 4) is 0 Å². The SMILES string of the molecule is Cc1cc2c(cc(NCC3CN(C(=O)OC(C)(C)C)C3)c3nnc(C)n32)n1Cc1ccccc1. The van der Waals surface area contributed by atoms with Gasteiger partial charge in [0.1, 0.15) is 11.4 Å². The molecule has 8 heteroatoms. The normalized spacial score (nSPS) is 14.6. The largest absolute Gasteiger partial charge is 0.444 e. The predicted molar refractivity (Wildman–Crippen MR) is 133 cm³/mol. The lowest BCUT2D eigenvalue weighted by Crippen LogP contribution is -2.53. The van der Waals surface area contributed by atoms with E-state index in [1.165, 1.54) is 11.3 Å². The van der Waals surface area contributed by atoms with Gasteiger partial charge in [0.2, 0.25) is 0 Å². The molecule has 0 radical (unpaired) electrons. The van der Waals surface area contributed by atoms with Gasteiger partial charge in [-0.25, -0.2) is 4.79 Å². The molecule has 0 atom stereocenters. The fourth-order valence-electron chi connectivity index (χ4n) is 4.57. The Kier molecular flexibility index (Phi) is 5.46. The number of carbonyl (C=O) groups is 1. The third-order valence-electron chi connectivity index (χ3n) is 6.29. The van der Waals surface area contributed by atoms with Gasteiger partial charge in [-0.1, -0.05) is 30.3 Å². The van der Waals surface area contributed by atoms with E-state index in [9.17, 15) is 4.79 Å². The van der Waals surface area contributed by atoms with Crippen LogP contribution in [-0.2, 0) is 11.3 Å². The first-order valence-electron chi connectivity index (χ1n) is 11.8. The third-order valence-corrected chi connectivity index (χ3v) is 6.29. The maximum Gasteiger partial charge on any atom is 0.410 e. The molecule has 0 spiro atoms. The number of ether oxygens (including phenoxy) is 1. The van der Waals surface area contributed by atoms with Crippen LogP contribution in [0.25, 0.3) is 16.7 Å². The lowest BCUT2D eigenvalue weighted by atomic mass is 10.0. The van der Waals surface area contributed by atoms with Crippen LogP contribution in [0.5, 0.6) is 0 Å². The highest BCUT2D eigenvalue weighted by molar-refractivity contribution is 5.88. The monoisotopic (exact) mass is 460 g/mol. The van der Waals surface area contributed by atoms with E-state index in [1.54, 1.807) is 4.90 Å². The number of aromatic nitrogens is 4. The molecule has 0 unspecified atom stereocenters. The molecule has 1 saturated heterocycles. The fourth-order valence-corrected chi connectivity index (χ4v) is 4.57. The van der Waals surface area contributed by atoms with Crippen molar-refractivity contribution in [1.82, 2.24) is 24.1 Å². The minimum atomic E-state index is -0.472. The number of amides is 1. The number of nitrogens with zero attached hydrogens (tertiary/aromatic N) is 5. The third kappa shape index (κ3) is 4.20. The average molecular weight is 461 g/mol. The lowest BCUT2D eigenvalue weighted by Gasteiger charge is -2.39. The second-order valence-electron chi connectivity index (χ2n) is 10.2. The molecule has 178 valence electrons. The summed E-state index contributed by atoms with van der Waals surface area (Å²) in [5, 5.41) is 12.4. The van der Waals surface area contributed by atoms with Crippen molar-refractivity contribution < 1.29 is 9.53 Å². The Hall–Kier alpha value is -3.55. The Morgan fingerprint density at radius 1 is 1.09 bits per heavy atom. The number of rotatable bonds is 5. The van der Waals surface area contributed by atoms with Gasteiger partial charge in [0.25, 0.3) is 0 Å². The second kappa shape index (κ2) is 8.34. The first-order valence-corrected chi connectivity index (χ1v) is 11.8. The molecular formula is C26H32N6O2. The number of anilines is 1. The fraction of sp³-hybridized carbons (Fsp3) is 0.423. The molecule has 1 aromatic carbocycles. The van der Waals surface area contributed by atoms with Crippen LogP contribution in [0.3, 0.4) is 0 Å². The summed E-state index contributed by atoms with van der Waals surface area (Å²) in [5.41, 5.74) is 6.01. The Morgan fingerprint density at radius 2 is 1.82 bits per heavy atom. The van der Waals surface area contributed by atoms with Crippen molar-refractivity contribution in [3.05, 3.63) is 59.5 Å². The van der Waals surface area contributed by atoms with Gasteiger partial charge in [0, 0.05) is 37.8 Å². The number of pyridine rings is 1. The van der Waals surface area contributed by atoms with E-state index in [1.807, 2.05) is 33.8 Å². The summed E-state index contributed by atoms with van der Waals surface area (Å²) in [6.45, 7) is 12.7. The molecule has 34 heavy (non-hydrogen) atoms. The Morgan fingerprint density at radius 3 is 2.53 bits per heavy atom. The highest BCUT2D eigenvalue weighted by atomic mass is 16.6. The molecule has 3 aromatic heterocycles. The van der Waals surface area contributed by atoms with Gasteiger partial charge >= 0.3 is 6.09 Å². The standard InChI is InChI=1S/C26H32N6O2/c1-17-11-23-22(31(17)16-19-9-7-6-8-10-19)12-21(24-29-28-18(2)32(23)24)27-13-20-14-30(15-20)25(33)34-26(3,4)5/h6-12,20,27H,13-16H2,1-5H3. The molecule has 1 N–H and O–H groups in total. The Labute approximate surface area is 199 Å². The predicted octanol–water partition coefficient (Wildman–Crippen LogP) is 4.63. The summed E-state index contributed by atoms with van der Waals surface area (Å²) in [5.74, 6) is 1.23. The van der Waals surface area contributed by atoms with Gasteiger partial charge in [-0.3, -0.25) is 4.40 Å². The van der Waals surface area contributed by atoms with E-state index in [4.69, 9.17) is 4.74 Å². The van der Waals surface area contributed by atoms with Gasteiger partial charge in [-0.05, 0) is 52.3 Å². The van der Waals surface area contributed by atoms with Crippen molar-refractivity contribution in [1.29, 1.82) is 0 Å². The number of hydrogen-bond donors (Lipinski definition) is 1. The van der Waals surface area contributed by atoms with Crippen LogP contribution < -0.4 is 5.32 Å². The zero-order chi connectivity index (χ0) is 24.0. The number of fused-ring (bicyclic) bond motifs is 3. The van der Waals surface area contributed by atoms with E-state index in [-0.39, 0.29) is 6.09 Å². The molecule has 5 rings (SSSR count). The number of nitrogens with one attached hydrogen (secondary N) is 1. The maximum atomic E-state index is 12.2. The van der Waals surface area contributed by atoms with Crippen molar-refractivity contribution in [3.63, 3.8) is 0 Å². The smallest absolute Gasteiger partial charge is 0.410 e. The topological polar surface area (TPSA) is 76.7 Å². The highest BCUT2D eigenvalue weighted by Crippen LogP contribution is 2.29. The van der Waals surface area contributed by atoms with Gasteiger partial charge in [0.15, 0.2) is 5.65 Å². The molecule has 0 bridgehead atoms. The van der Waals surface area contributed by atoms with Crippen molar-refractivity contribution >= 4 is 28.5 Å². The molecule has 0 saturated carbocycles. The molecule has 8 nitrogen and oxygen atoms in total. The second-order valence-corrected chi connectivity index (χ2v) is 10.2. The average Bonchev–Trinajstić information content (AvgIpc) is 3.27. The molecule has 4 heterocycles. The van der Waals surface area contributed by atoms with E-state index in [0.29, 0.717) is 19.0 Å². The zero-order valence-electron chi connectivity index (χ0n) is 20.5. The van der Waals surface area contributed by atoms with Crippen LogP contribution in [0.15, 0.2) is 42.5 Å². The first kappa shape index (κ1) is 22.3. The van der Waals surface area contributed by atoms with Crippen LogP contribution in [0.2, 0.25) is 0 Å². The van der Waals surface area contributed by atoms with Gasteiger partial charge in [-0.15, -0.1) is 10.2 Å². The summed E-state index contributed by atoms with van der Waals surface area (Å²) in [4.78, 5) is 14.0. The number of hydrogen-bond acceptors (Lipinski definition) is 5. The lowest BCUT2D eigenvalue weighted by molar-refractivity contribution is 0.000846. The van der Waals surface area contributed by atoms with Crippen LogP contribution in [0.1, 0.15) is 37.9 Å². The van der Waals surface area contributed by atoms with Gasteiger partial charge < -0.3 is 19.5 Å². The van der Waals surface area contributed by atoms with E-state index < -0.39 is 5.60 Å². The summed E-state index contributed by atoms with van der Waals surface area (Å²) in [7, 11) is 0. The number of likely N-dealkylation sites (tertiary alicyclic amines) is 1. The van der Waals surface area contributed by atoms with Crippen LogP contribution >= 0.6 is 0 Å². The number of aryl methyl sites for hydroxylation is 2. The maximum absolute atomic E-state index is 12.2. The molecule has 1 fully saturated rings. The van der Waals surface area contributed by atoms with E-state index >= 15 is 0 Å². The quantitative estimate of drug-likeness (QED) is 0.470. The van der Waals surface area contributed by atoms with E-state index in [0.717, 1.165) is 41.3 Å². The van der Waals surface area contributed by atoms with Crippen LogP contribution in [0, 0.1) is 19.8 Å². The van der Waals surface area contributed by atoms with Crippen LogP contribution in [-0.4, -0.2) is 55.4 Å². The summed E-state index contributed by atoms with van der Waals surface area (Å²) < 4.78 is 9.93. The number of benzene rings is 1. The van der Waals surface area contributed by atoms with Crippen molar-refractivity contribution in [2.45, 2.75) is 46.8 Å². The minimum absolute atomic E-state index is 0.241. The van der Waals surface area contributed by atoms with Crippen molar-refractivity contribution in [2.75, 3.05) is 25.0 Å². The summed E-state index contributed by atoms with van der Waals surface area (Å²) >= 11 is 0. The minimum Gasteiger partial charge on any atom is -0.444 e. The summed E-state index contributed by atoms with van der Waals surface area (Å²) in [6, 6.07) is 14.9. The van der Waals surface area contributed by atoms with Gasteiger partial charge in [-0.2, -0.15) is 0 Å². The molecule has 0 aliphatic carbocycles. The molecule has 1 aliphatic heterocycles. The molecule has 4 aromatic rings. The van der Waals surface area contributed by atoms with Crippen molar-refractivity contribution in [2.24, 2.45) is 5.92 Å². The molecule has 1 amide bonds. The molecular weight excluding hydrogens is 428 g/mol. The Balaban J connectivity index is 1.38. The van der Waals surface area contributed by atoms with Crippen LogP contribution in [0.4, 0.5) is 10.5 Å². The first-order chi connectivity index (χ1) is 16.2. The van der Waals surface area contributed by atoms with Gasteiger partial charge in [0.05, 0.1) is 16.7 Å². The number of carbonyl (C=O) groups excluding carboxylic acids is 1. The summed E-state index contributed by atoms with van der Waals surface area (Å²) in [6.07, 6.45) is -0.241.